The van der Waals surface area contributed by atoms with E-state index in [0.29, 0.717) is 12.5 Å². The van der Waals surface area contributed by atoms with E-state index in [0.717, 1.165) is 5.69 Å². The number of rotatable bonds is 4. The van der Waals surface area contributed by atoms with Crippen LogP contribution in [0.3, 0.4) is 0 Å². The lowest BCUT2D eigenvalue weighted by Gasteiger charge is -2.23. The Morgan fingerprint density at radius 2 is 2.29 bits per heavy atom. The second-order valence-electron chi connectivity index (χ2n) is 5.04. The van der Waals surface area contributed by atoms with Crippen LogP contribution < -0.4 is 0 Å². The maximum Gasteiger partial charge on any atom is 0.317 e. The first-order valence-electron chi connectivity index (χ1n) is 6.18. The minimum atomic E-state index is -0.630. The quantitative estimate of drug-likeness (QED) is 0.773. The number of carbonyl (C=O) groups is 1. The first-order valence-corrected chi connectivity index (χ1v) is 7.06. The van der Waals surface area contributed by atoms with E-state index >= 15 is 0 Å². The van der Waals surface area contributed by atoms with E-state index in [4.69, 9.17) is 4.74 Å². The van der Waals surface area contributed by atoms with E-state index in [1.54, 1.807) is 11.3 Å². The highest BCUT2D eigenvalue weighted by molar-refractivity contribution is 7.09. The topological polar surface area (TPSA) is 39.2 Å². The second-order valence-corrected chi connectivity index (χ2v) is 5.93. The molecule has 94 valence electrons. The van der Waals surface area contributed by atoms with E-state index in [2.05, 4.69) is 4.98 Å². The maximum atomic E-state index is 11.9. The third-order valence-corrected chi connectivity index (χ3v) is 4.41. The molecule has 0 radical (unpaired) electrons. The molecule has 4 heteroatoms. The molecule has 0 aliphatic heterocycles. The first-order chi connectivity index (χ1) is 8.05. The van der Waals surface area contributed by atoms with E-state index in [9.17, 15) is 4.79 Å². The van der Waals surface area contributed by atoms with Crippen LogP contribution in [-0.2, 0) is 14.9 Å². The van der Waals surface area contributed by atoms with Gasteiger partial charge in [-0.3, -0.25) is 4.79 Å². The van der Waals surface area contributed by atoms with E-state index in [1.807, 2.05) is 26.2 Å². The Morgan fingerprint density at radius 1 is 1.59 bits per heavy atom. The summed E-state index contributed by atoms with van der Waals surface area (Å²) in [6.45, 7) is 6.01. The highest BCUT2D eigenvalue weighted by Gasteiger charge is 2.35. The first kappa shape index (κ1) is 12.6. The van der Waals surface area contributed by atoms with Crippen LogP contribution in [-0.4, -0.2) is 17.6 Å². The number of thiazole rings is 1. The highest BCUT2D eigenvalue weighted by atomic mass is 32.1. The number of ether oxygens (including phenoxy) is 1. The monoisotopic (exact) mass is 253 g/mol. The molecule has 1 aromatic rings. The van der Waals surface area contributed by atoms with Gasteiger partial charge in [-0.1, -0.05) is 6.42 Å². The zero-order valence-electron chi connectivity index (χ0n) is 10.7. The van der Waals surface area contributed by atoms with Crippen LogP contribution in [0.4, 0.5) is 0 Å². The summed E-state index contributed by atoms with van der Waals surface area (Å²) < 4.78 is 5.10. The molecule has 1 aliphatic carbocycles. The molecule has 0 bridgehead atoms. The summed E-state index contributed by atoms with van der Waals surface area (Å²) in [5, 5.41) is 3.19. The van der Waals surface area contributed by atoms with Gasteiger partial charge in [0.05, 0.1) is 17.3 Å². The third-order valence-electron chi connectivity index (χ3n) is 3.40. The summed E-state index contributed by atoms with van der Waals surface area (Å²) in [6, 6.07) is 0. The number of esters is 1. The molecule has 0 saturated heterocycles. The fraction of sp³-hybridized carbons (Fsp3) is 0.692. The van der Waals surface area contributed by atoms with E-state index in [-0.39, 0.29) is 5.97 Å². The van der Waals surface area contributed by atoms with Crippen molar-refractivity contribution in [2.75, 3.05) is 6.61 Å². The largest absolute Gasteiger partial charge is 0.465 e. The molecular weight excluding hydrogens is 234 g/mol. The molecule has 0 aromatic carbocycles. The predicted molar refractivity (Wildman–Crippen MR) is 68.4 cm³/mol. The Balaban J connectivity index is 2.14. The van der Waals surface area contributed by atoms with Gasteiger partial charge in [-0.05, 0) is 33.6 Å². The Bertz CT molecular complexity index is 407. The molecule has 3 nitrogen and oxygen atoms in total. The Labute approximate surface area is 106 Å². The maximum absolute atomic E-state index is 11.9. The number of aromatic nitrogens is 1. The van der Waals surface area contributed by atoms with Gasteiger partial charge in [0.25, 0.3) is 0 Å². The third kappa shape index (κ3) is 2.37. The summed E-state index contributed by atoms with van der Waals surface area (Å²) in [6.07, 6.45) is 3.79. The van der Waals surface area contributed by atoms with Crippen LogP contribution in [0.25, 0.3) is 0 Å². The molecule has 1 aliphatic rings. The van der Waals surface area contributed by atoms with Crippen molar-refractivity contribution >= 4 is 17.3 Å². The van der Waals surface area contributed by atoms with Crippen molar-refractivity contribution in [3.8, 4) is 0 Å². The van der Waals surface area contributed by atoms with Crippen LogP contribution >= 0.6 is 11.3 Å². The van der Waals surface area contributed by atoms with Crippen molar-refractivity contribution in [2.45, 2.75) is 51.4 Å². The Kier molecular flexibility index (Phi) is 3.52. The van der Waals surface area contributed by atoms with Crippen LogP contribution in [0.2, 0.25) is 0 Å². The zero-order chi connectivity index (χ0) is 12.5. The second kappa shape index (κ2) is 4.77. The summed E-state index contributed by atoms with van der Waals surface area (Å²) in [5.74, 6) is 0.442. The molecular formula is C13H19NO2S. The van der Waals surface area contributed by atoms with E-state index in [1.165, 1.54) is 24.3 Å². The van der Waals surface area contributed by atoms with E-state index < -0.39 is 5.41 Å². The lowest BCUT2D eigenvalue weighted by atomic mass is 9.85. The zero-order valence-corrected chi connectivity index (χ0v) is 11.5. The van der Waals surface area contributed by atoms with Crippen molar-refractivity contribution in [3.63, 3.8) is 0 Å². The van der Waals surface area contributed by atoms with Crippen LogP contribution in [0.15, 0.2) is 5.38 Å². The molecule has 1 fully saturated rings. The van der Waals surface area contributed by atoms with Crippen molar-refractivity contribution in [1.29, 1.82) is 0 Å². The van der Waals surface area contributed by atoms with Gasteiger partial charge in [0.2, 0.25) is 0 Å². The smallest absolute Gasteiger partial charge is 0.317 e. The van der Waals surface area contributed by atoms with Gasteiger partial charge in [0.1, 0.15) is 5.41 Å². The average Bonchev–Trinajstić information content (AvgIpc) is 2.65. The summed E-state index contributed by atoms with van der Waals surface area (Å²) in [4.78, 5) is 16.5. The minimum Gasteiger partial charge on any atom is -0.465 e. The van der Waals surface area contributed by atoms with Gasteiger partial charge in [0, 0.05) is 11.3 Å². The number of carbonyl (C=O) groups excluding carboxylic acids is 1. The fourth-order valence-corrected chi connectivity index (χ4v) is 2.99. The Morgan fingerprint density at radius 3 is 2.82 bits per heavy atom. The molecule has 1 saturated carbocycles. The van der Waals surface area contributed by atoms with Gasteiger partial charge >= 0.3 is 5.97 Å². The lowest BCUT2D eigenvalue weighted by molar-refractivity contribution is -0.148. The SMILES string of the molecule is CCOC(=O)C(C)(C)c1csc(C2CCC2)n1. The van der Waals surface area contributed by atoms with Gasteiger partial charge in [-0.15, -0.1) is 11.3 Å². The van der Waals surface area contributed by atoms with Gasteiger partial charge in [-0.25, -0.2) is 4.98 Å². The fourth-order valence-electron chi connectivity index (χ4n) is 1.83. The minimum absolute atomic E-state index is 0.189. The van der Waals surface area contributed by atoms with Crippen molar-refractivity contribution in [3.05, 3.63) is 16.1 Å². The molecule has 0 atom stereocenters. The molecule has 0 N–H and O–H groups in total. The van der Waals surface area contributed by atoms with Crippen molar-refractivity contribution in [2.24, 2.45) is 0 Å². The standard InChI is InChI=1S/C13H19NO2S/c1-4-16-12(15)13(2,3)10-8-17-11(14-10)9-6-5-7-9/h8-9H,4-7H2,1-3H3. The number of nitrogens with zero attached hydrogens (tertiary/aromatic N) is 1. The van der Waals surface area contributed by atoms with Crippen LogP contribution in [0.1, 0.15) is 56.7 Å². The van der Waals surface area contributed by atoms with Crippen LogP contribution in [0, 0.1) is 0 Å². The molecule has 0 amide bonds. The van der Waals surface area contributed by atoms with Gasteiger partial charge in [-0.2, -0.15) is 0 Å². The van der Waals surface area contributed by atoms with Crippen LogP contribution in [0.5, 0.6) is 0 Å². The molecule has 1 heterocycles. The Hall–Kier alpha value is -0.900. The number of hydrogen-bond donors (Lipinski definition) is 0. The summed E-state index contributed by atoms with van der Waals surface area (Å²) >= 11 is 1.68. The normalized spacial score (nSPS) is 16.6. The summed E-state index contributed by atoms with van der Waals surface area (Å²) in [5.41, 5.74) is 0.219. The van der Waals surface area contributed by atoms with Gasteiger partial charge in [0.15, 0.2) is 0 Å². The van der Waals surface area contributed by atoms with Crippen molar-refractivity contribution < 1.29 is 9.53 Å². The molecule has 1 aromatic heterocycles. The molecule has 0 unspecified atom stereocenters. The molecule has 0 spiro atoms. The number of hydrogen-bond acceptors (Lipinski definition) is 4. The lowest BCUT2D eigenvalue weighted by Crippen LogP contribution is -2.31. The predicted octanol–water partition coefficient (Wildman–Crippen LogP) is 3.25. The molecule has 17 heavy (non-hydrogen) atoms. The average molecular weight is 253 g/mol. The van der Waals surface area contributed by atoms with Crippen molar-refractivity contribution in [1.82, 2.24) is 4.98 Å². The molecule has 2 rings (SSSR count). The van der Waals surface area contributed by atoms with Gasteiger partial charge < -0.3 is 4.74 Å². The highest BCUT2D eigenvalue weighted by Crippen LogP contribution is 2.39. The summed E-state index contributed by atoms with van der Waals surface area (Å²) in [7, 11) is 0.